The fourth-order valence-corrected chi connectivity index (χ4v) is 2.18. The fourth-order valence-electron chi connectivity index (χ4n) is 2.18. The number of amides is 1. The number of nitro benzene ring substituents is 1. The van der Waals surface area contributed by atoms with Gasteiger partial charge in [-0.15, -0.1) is 0 Å². The third kappa shape index (κ3) is 3.12. The van der Waals surface area contributed by atoms with Crippen molar-refractivity contribution in [2.45, 2.75) is 32.0 Å². The van der Waals surface area contributed by atoms with Crippen LogP contribution in [0.1, 0.15) is 18.4 Å². The van der Waals surface area contributed by atoms with Crippen LogP contribution in [0.25, 0.3) is 0 Å². The Bertz CT molecular complexity index is 532. The molecule has 2 rings (SSSR count). The minimum absolute atomic E-state index is 0.0185. The van der Waals surface area contributed by atoms with E-state index >= 15 is 0 Å². The highest BCUT2D eigenvalue weighted by atomic mass is 16.6. The minimum atomic E-state index is -0.538. The molecule has 2 atom stereocenters. The van der Waals surface area contributed by atoms with Gasteiger partial charge in [-0.05, 0) is 25.8 Å². The van der Waals surface area contributed by atoms with Crippen molar-refractivity contribution < 1.29 is 14.5 Å². The number of nitrogens with one attached hydrogen (secondary N) is 1. The van der Waals surface area contributed by atoms with E-state index in [1.54, 1.807) is 19.1 Å². The Balaban J connectivity index is 2.05. The van der Waals surface area contributed by atoms with E-state index in [-0.39, 0.29) is 17.7 Å². The number of hydrogen-bond donors (Lipinski definition) is 2. The summed E-state index contributed by atoms with van der Waals surface area (Å²) in [5.41, 5.74) is 6.41. The Hall–Kier alpha value is -1.99. The molecule has 0 unspecified atom stereocenters. The number of benzene rings is 1. The topological polar surface area (TPSA) is 107 Å². The van der Waals surface area contributed by atoms with Crippen molar-refractivity contribution in [2.24, 2.45) is 5.73 Å². The first-order valence-electron chi connectivity index (χ1n) is 6.42. The van der Waals surface area contributed by atoms with E-state index in [0.29, 0.717) is 24.2 Å². The normalized spacial score (nSPS) is 21.7. The van der Waals surface area contributed by atoms with Gasteiger partial charge in [0.2, 0.25) is 0 Å². The highest BCUT2D eigenvalue weighted by Gasteiger charge is 2.30. The molecule has 1 fully saturated rings. The summed E-state index contributed by atoms with van der Waals surface area (Å²) < 4.78 is 5.48. The van der Waals surface area contributed by atoms with Crippen molar-refractivity contribution in [1.82, 2.24) is 0 Å². The zero-order valence-corrected chi connectivity index (χ0v) is 11.2. The minimum Gasteiger partial charge on any atom is -0.364 e. The number of hydrogen-bond acceptors (Lipinski definition) is 5. The number of ether oxygens (including phenoxy) is 1. The Morgan fingerprint density at radius 3 is 2.90 bits per heavy atom. The summed E-state index contributed by atoms with van der Waals surface area (Å²) in [5, 5.41) is 13.5. The Morgan fingerprint density at radius 1 is 1.55 bits per heavy atom. The van der Waals surface area contributed by atoms with Crippen LogP contribution in [0.15, 0.2) is 18.2 Å². The van der Waals surface area contributed by atoms with E-state index in [9.17, 15) is 14.9 Å². The van der Waals surface area contributed by atoms with Crippen molar-refractivity contribution in [3.8, 4) is 0 Å². The second-order valence-corrected chi connectivity index (χ2v) is 4.81. The van der Waals surface area contributed by atoms with Gasteiger partial charge < -0.3 is 15.8 Å². The summed E-state index contributed by atoms with van der Waals surface area (Å²) in [6.07, 6.45) is 0.742. The zero-order valence-electron chi connectivity index (χ0n) is 11.2. The summed E-state index contributed by atoms with van der Waals surface area (Å²) in [7, 11) is 0. The summed E-state index contributed by atoms with van der Waals surface area (Å²) >= 11 is 0. The number of aryl methyl sites for hydroxylation is 1. The SMILES string of the molecule is Cc1ccc(NC(=O)[C@@H]2CC[C@H](CN)O2)cc1[N+](=O)[O-]. The smallest absolute Gasteiger partial charge is 0.274 e. The molecule has 1 amide bonds. The van der Waals surface area contributed by atoms with Crippen molar-refractivity contribution in [1.29, 1.82) is 0 Å². The first kappa shape index (κ1) is 14.4. The molecule has 1 heterocycles. The molecule has 0 spiro atoms. The Kier molecular flexibility index (Phi) is 4.31. The molecule has 108 valence electrons. The second kappa shape index (κ2) is 5.98. The van der Waals surface area contributed by atoms with Gasteiger partial charge in [0.25, 0.3) is 11.6 Å². The van der Waals surface area contributed by atoms with Crippen LogP contribution in [0.4, 0.5) is 11.4 Å². The molecule has 0 bridgehead atoms. The van der Waals surface area contributed by atoms with Crippen LogP contribution in [0.3, 0.4) is 0 Å². The lowest BCUT2D eigenvalue weighted by molar-refractivity contribution is -0.385. The molecule has 7 nitrogen and oxygen atoms in total. The summed E-state index contributed by atoms with van der Waals surface area (Å²) in [6, 6.07) is 4.59. The van der Waals surface area contributed by atoms with E-state index in [2.05, 4.69) is 5.32 Å². The van der Waals surface area contributed by atoms with Crippen LogP contribution in [-0.2, 0) is 9.53 Å². The maximum absolute atomic E-state index is 12.0. The lowest BCUT2D eigenvalue weighted by atomic mass is 10.1. The molecule has 20 heavy (non-hydrogen) atoms. The van der Waals surface area contributed by atoms with Gasteiger partial charge in [-0.25, -0.2) is 0 Å². The number of nitrogens with zero attached hydrogens (tertiary/aromatic N) is 1. The molecule has 1 aliphatic rings. The van der Waals surface area contributed by atoms with Crippen LogP contribution in [0, 0.1) is 17.0 Å². The molecule has 0 aromatic heterocycles. The maximum Gasteiger partial charge on any atom is 0.274 e. The molecule has 7 heteroatoms. The molecule has 1 saturated heterocycles. The van der Waals surface area contributed by atoms with E-state index in [4.69, 9.17) is 10.5 Å². The number of nitrogens with two attached hydrogens (primary N) is 1. The first-order chi connectivity index (χ1) is 9.51. The van der Waals surface area contributed by atoms with E-state index < -0.39 is 11.0 Å². The molecular weight excluding hydrogens is 262 g/mol. The van der Waals surface area contributed by atoms with Crippen molar-refractivity contribution in [3.63, 3.8) is 0 Å². The molecule has 1 aromatic carbocycles. The summed E-state index contributed by atoms with van der Waals surface area (Å²) in [5.74, 6) is -0.292. The predicted molar refractivity (Wildman–Crippen MR) is 73.4 cm³/mol. The average molecular weight is 279 g/mol. The third-order valence-electron chi connectivity index (χ3n) is 3.34. The summed E-state index contributed by atoms with van der Waals surface area (Å²) in [4.78, 5) is 22.4. The highest BCUT2D eigenvalue weighted by Crippen LogP contribution is 2.24. The number of carbonyl (C=O) groups is 1. The van der Waals surface area contributed by atoms with Gasteiger partial charge in [0.05, 0.1) is 11.0 Å². The molecular formula is C13H17N3O4. The lowest BCUT2D eigenvalue weighted by Crippen LogP contribution is -2.29. The Labute approximate surface area is 116 Å². The molecule has 3 N–H and O–H groups in total. The van der Waals surface area contributed by atoms with Gasteiger partial charge >= 0.3 is 0 Å². The van der Waals surface area contributed by atoms with Crippen LogP contribution >= 0.6 is 0 Å². The monoisotopic (exact) mass is 279 g/mol. The van der Waals surface area contributed by atoms with E-state index in [0.717, 1.165) is 6.42 Å². The number of anilines is 1. The highest BCUT2D eigenvalue weighted by molar-refractivity contribution is 5.94. The van der Waals surface area contributed by atoms with Crippen LogP contribution in [0.2, 0.25) is 0 Å². The molecule has 0 saturated carbocycles. The Morgan fingerprint density at radius 2 is 2.30 bits per heavy atom. The fraction of sp³-hybridized carbons (Fsp3) is 0.462. The number of nitro groups is 1. The van der Waals surface area contributed by atoms with Gasteiger partial charge in [0.1, 0.15) is 6.10 Å². The largest absolute Gasteiger partial charge is 0.364 e. The molecule has 1 aromatic rings. The second-order valence-electron chi connectivity index (χ2n) is 4.81. The molecule has 1 aliphatic heterocycles. The van der Waals surface area contributed by atoms with Crippen LogP contribution in [0.5, 0.6) is 0 Å². The number of rotatable bonds is 4. The van der Waals surface area contributed by atoms with Crippen molar-refractivity contribution in [3.05, 3.63) is 33.9 Å². The van der Waals surface area contributed by atoms with Crippen LogP contribution < -0.4 is 11.1 Å². The lowest BCUT2D eigenvalue weighted by Gasteiger charge is -2.12. The van der Waals surface area contributed by atoms with Gasteiger partial charge in [0.15, 0.2) is 0 Å². The van der Waals surface area contributed by atoms with Crippen molar-refractivity contribution in [2.75, 3.05) is 11.9 Å². The standard InChI is InChI=1S/C13H17N3O4/c1-8-2-3-9(6-11(8)16(18)19)15-13(17)12-5-4-10(7-14)20-12/h2-3,6,10,12H,4-5,7,14H2,1H3,(H,15,17)/t10-,12+/m1/s1. The third-order valence-corrected chi connectivity index (χ3v) is 3.34. The van der Waals surface area contributed by atoms with Crippen LogP contribution in [-0.4, -0.2) is 29.6 Å². The average Bonchev–Trinajstić information content (AvgIpc) is 2.89. The molecule has 0 aliphatic carbocycles. The summed E-state index contributed by atoms with van der Waals surface area (Å²) in [6.45, 7) is 2.04. The van der Waals surface area contributed by atoms with Gasteiger partial charge in [-0.1, -0.05) is 6.07 Å². The van der Waals surface area contributed by atoms with E-state index in [1.807, 2.05) is 0 Å². The number of carbonyl (C=O) groups excluding carboxylic acids is 1. The van der Waals surface area contributed by atoms with E-state index in [1.165, 1.54) is 6.07 Å². The zero-order chi connectivity index (χ0) is 14.7. The maximum atomic E-state index is 12.0. The predicted octanol–water partition coefficient (Wildman–Crippen LogP) is 1.35. The van der Waals surface area contributed by atoms with Gasteiger partial charge in [-0.2, -0.15) is 0 Å². The van der Waals surface area contributed by atoms with Gasteiger partial charge in [0, 0.05) is 23.9 Å². The molecule has 0 radical (unpaired) electrons. The van der Waals surface area contributed by atoms with Gasteiger partial charge in [-0.3, -0.25) is 14.9 Å². The quantitative estimate of drug-likeness (QED) is 0.639. The first-order valence-corrected chi connectivity index (χ1v) is 6.42. The van der Waals surface area contributed by atoms with Crippen molar-refractivity contribution >= 4 is 17.3 Å².